The van der Waals surface area contributed by atoms with E-state index in [0.717, 1.165) is 36.1 Å². The van der Waals surface area contributed by atoms with Crippen LogP contribution in [0.1, 0.15) is 45.9 Å². The first-order valence-corrected chi connectivity index (χ1v) is 14.0. The maximum Gasteiger partial charge on any atom is 0.274 e. The van der Waals surface area contributed by atoms with Gasteiger partial charge in [0.25, 0.3) is 11.8 Å². The minimum atomic E-state index is -0.356. The number of thiazole rings is 1. The second kappa shape index (κ2) is 9.75. The number of benzene rings is 2. The third kappa shape index (κ3) is 4.46. The van der Waals surface area contributed by atoms with Gasteiger partial charge in [-0.25, -0.2) is 14.4 Å². The summed E-state index contributed by atoms with van der Waals surface area (Å²) in [5.41, 5.74) is 3.28. The molecule has 0 unspecified atom stereocenters. The Hall–Kier alpha value is -3.79. The van der Waals surface area contributed by atoms with Gasteiger partial charge in [0.15, 0.2) is 5.13 Å². The second-order valence-corrected chi connectivity index (χ2v) is 11.7. The maximum atomic E-state index is 14.1. The molecule has 1 aliphatic carbocycles. The molecule has 2 aromatic heterocycles. The molecule has 3 atom stereocenters. The molecule has 1 saturated carbocycles. The van der Waals surface area contributed by atoms with E-state index in [0.29, 0.717) is 39.3 Å². The van der Waals surface area contributed by atoms with Gasteiger partial charge in [0.05, 0.1) is 22.0 Å². The molecule has 2 amide bonds. The van der Waals surface area contributed by atoms with Crippen LogP contribution in [0.2, 0.25) is 0 Å². The summed E-state index contributed by atoms with van der Waals surface area (Å²) in [5.74, 6) is 0.515. The largest absolute Gasteiger partial charge is 0.354 e. The average Bonchev–Trinajstić information content (AvgIpc) is 3.70. The Bertz CT molecular complexity index is 1590. The maximum absolute atomic E-state index is 14.1. The van der Waals surface area contributed by atoms with Crippen molar-refractivity contribution < 1.29 is 14.0 Å². The molecule has 1 saturated heterocycles. The minimum Gasteiger partial charge on any atom is -0.354 e. The van der Waals surface area contributed by atoms with Crippen molar-refractivity contribution in [2.75, 3.05) is 25.5 Å². The van der Waals surface area contributed by atoms with E-state index < -0.39 is 0 Å². The SMILES string of the molecule is Cc1nc2cc(C(=O)NC[C@@H]3[C@H]4CC[C@H](C4)N3C(=O)c3nc(N(C)C)sc3-c3cccc(F)c3)ccc2n1C. The Morgan fingerprint density at radius 3 is 2.74 bits per heavy atom. The molecular weight excluding hydrogens is 515 g/mol. The first-order chi connectivity index (χ1) is 18.7. The third-order valence-corrected chi connectivity index (χ3v) is 9.37. The number of anilines is 1. The van der Waals surface area contributed by atoms with E-state index in [1.165, 1.54) is 23.5 Å². The predicted molar refractivity (Wildman–Crippen MR) is 151 cm³/mol. The van der Waals surface area contributed by atoms with Crippen LogP contribution in [0, 0.1) is 18.7 Å². The average molecular weight is 547 g/mol. The number of carbonyl (C=O) groups excluding carboxylic acids is 2. The number of likely N-dealkylation sites (tertiary alicyclic amines) is 1. The van der Waals surface area contributed by atoms with E-state index in [9.17, 15) is 14.0 Å². The molecule has 6 rings (SSSR count). The molecule has 2 bridgehead atoms. The molecule has 0 radical (unpaired) electrons. The van der Waals surface area contributed by atoms with Crippen molar-refractivity contribution in [2.45, 2.75) is 38.3 Å². The monoisotopic (exact) mass is 546 g/mol. The van der Waals surface area contributed by atoms with Crippen molar-refractivity contribution in [3.05, 3.63) is 65.4 Å². The van der Waals surface area contributed by atoms with Gasteiger partial charge in [0.1, 0.15) is 17.3 Å². The van der Waals surface area contributed by atoms with Crippen LogP contribution in [0.5, 0.6) is 0 Å². The van der Waals surface area contributed by atoms with Crippen LogP contribution in [-0.4, -0.2) is 64.0 Å². The van der Waals surface area contributed by atoms with Crippen molar-refractivity contribution in [1.82, 2.24) is 24.8 Å². The number of amides is 2. The normalized spacial score (nSPS) is 20.1. The number of carbonyl (C=O) groups is 2. The fourth-order valence-electron chi connectivity index (χ4n) is 6.03. The predicted octanol–water partition coefficient (Wildman–Crippen LogP) is 4.63. The van der Waals surface area contributed by atoms with E-state index in [1.807, 2.05) is 60.6 Å². The number of hydrogen-bond donors (Lipinski definition) is 1. The Kier molecular flexibility index (Phi) is 6.37. The number of aryl methyl sites for hydroxylation is 2. The molecule has 10 heteroatoms. The summed E-state index contributed by atoms with van der Waals surface area (Å²) in [6.45, 7) is 2.30. The fourth-order valence-corrected chi connectivity index (χ4v) is 7.00. The van der Waals surface area contributed by atoms with E-state index in [1.54, 1.807) is 12.1 Å². The number of piperidine rings is 1. The smallest absolute Gasteiger partial charge is 0.274 e. The summed E-state index contributed by atoms with van der Waals surface area (Å²) in [5, 5.41) is 3.77. The Balaban J connectivity index is 1.26. The molecule has 2 aliphatic rings. The third-order valence-electron chi connectivity index (χ3n) is 8.10. The van der Waals surface area contributed by atoms with Gasteiger partial charge in [-0.15, -0.1) is 0 Å². The highest BCUT2D eigenvalue weighted by atomic mass is 32.1. The van der Waals surface area contributed by atoms with E-state index in [-0.39, 0.29) is 29.7 Å². The zero-order valence-corrected chi connectivity index (χ0v) is 23.3. The quantitative estimate of drug-likeness (QED) is 0.381. The summed E-state index contributed by atoms with van der Waals surface area (Å²) < 4.78 is 16.1. The van der Waals surface area contributed by atoms with Gasteiger partial charge in [-0.2, -0.15) is 0 Å². The lowest BCUT2D eigenvalue weighted by Crippen LogP contribution is -2.50. The van der Waals surface area contributed by atoms with Gasteiger partial charge in [-0.1, -0.05) is 23.5 Å². The lowest BCUT2D eigenvalue weighted by atomic mass is 9.98. The van der Waals surface area contributed by atoms with E-state index in [4.69, 9.17) is 4.98 Å². The molecule has 3 heterocycles. The van der Waals surface area contributed by atoms with Crippen molar-refractivity contribution in [2.24, 2.45) is 13.0 Å². The molecule has 4 aromatic rings. The molecule has 39 heavy (non-hydrogen) atoms. The fraction of sp³-hybridized carbons (Fsp3) is 0.379. The van der Waals surface area contributed by atoms with Crippen LogP contribution in [-0.2, 0) is 7.05 Å². The lowest BCUT2D eigenvalue weighted by Gasteiger charge is -2.35. The zero-order chi connectivity index (χ0) is 27.4. The van der Waals surface area contributed by atoms with E-state index in [2.05, 4.69) is 10.3 Å². The Morgan fingerprint density at radius 2 is 1.97 bits per heavy atom. The van der Waals surface area contributed by atoms with Crippen LogP contribution >= 0.6 is 11.3 Å². The molecule has 1 N–H and O–H groups in total. The number of fused-ring (bicyclic) bond motifs is 3. The summed E-state index contributed by atoms with van der Waals surface area (Å²) in [4.78, 5) is 40.9. The summed E-state index contributed by atoms with van der Waals surface area (Å²) in [6.07, 6.45) is 2.90. The molecular formula is C29H31FN6O2S. The number of aromatic nitrogens is 3. The molecule has 8 nitrogen and oxygen atoms in total. The Labute approximate surface area is 230 Å². The first kappa shape index (κ1) is 25.5. The molecule has 1 aliphatic heterocycles. The molecule has 0 spiro atoms. The number of hydrogen-bond acceptors (Lipinski definition) is 6. The molecule has 2 fully saturated rings. The van der Waals surface area contributed by atoms with Crippen molar-refractivity contribution in [3.8, 4) is 10.4 Å². The topological polar surface area (TPSA) is 83.4 Å². The zero-order valence-electron chi connectivity index (χ0n) is 22.4. The van der Waals surface area contributed by atoms with Gasteiger partial charge in [-0.3, -0.25) is 9.59 Å². The first-order valence-electron chi connectivity index (χ1n) is 13.2. The van der Waals surface area contributed by atoms with Crippen LogP contribution in [0.4, 0.5) is 9.52 Å². The number of nitrogens with one attached hydrogen (secondary N) is 1. The second-order valence-electron chi connectivity index (χ2n) is 10.7. The Morgan fingerprint density at radius 1 is 1.15 bits per heavy atom. The van der Waals surface area contributed by atoms with Gasteiger partial charge in [0, 0.05) is 39.3 Å². The number of nitrogens with zero attached hydrogens (tertiary/aromatic N) is 5. The summed E-state index contributed by atoms with van der Waals surface area (Å²) in [7, 11) is 5.71. The highest BCUT2D eigenvalue weighted by Crippen LogP contribution is 2.44. The highest BCUT2D eigenvalue weighted by molar-refractivity contribution is 7.19. The minimum absolute atomic E-state index is 0.113. The van der Waals surface area contributed by atoms with Crippen LogP contribution < -0.4 is 10.2 Å². The summed E-state index contributed by atoms with van der Waals surface area (Å²) in [6, 6.07) is 11.8. The van der Waals surface area contributed by atoms with Crippen LogP contribution in [0.3, 0.4) is 0 Å². The van der Waals surface area contributed by atoms with Crippen molar-refractivity contribution in [3.63, 3.8) is 0 Å². The molecule has 2 aromatic carbocycles. The van der Waals surface area contributed by atoms with Gasteiger partial charge < -0.3 is 19.7 Å². The summed E-state index contributed by atoms with van der Waals surface area (Å²) >= 11 is 1.38. The number of imidazole rings is 1. The standard InChI is InChI=1S/C29H31FN6O2S/c1-16-32-22-14-19(9-11-23(22)35(16)4)27(37)31-15-24-17-8-10-21(13-17)36(24)28(38)25-26(39-29(33-25)34(2)3)18-6-5-7-20(30)12-18/h5-7,9,11-12,14,17,21,24H,8,10,13,15H2,1-4H3,(H,31,37)/t17-,21+,24+/m0/s1. The van der Waals surface area contributed by atoms with Gasteiger partial charge in [-0.05, 0) is 68.0 Å². The lowest BCUT2D eigenvalue weighted by molar-refractivity contribution is 0.0577. The van der Waals surface area contributed by atoms with Gasteiger partial charge >= 0.3 is 0 Å². The van der Waals surface area contributed by atoms with Crippen molar-refractivity contribution in [1.29, 1.82) is 0 Å². The van der Waals surface area contributed by atoms with Crippen LogP contribution in [0.15, 0.2) is 42.5 Å². The van der Waals surface area contributed by atoms with Crippen LogP contribution in [0.25, 0.3) is 21.5 Å². The van der Waals surface area contributed by atoms with Gasteiger partial charge in [0.2, 0.25) is 0 Å². The van der Waals surface area contributed by atoms with Crippen molar-refractivity contribution >= 4 is 39.3 Å². The number of halogens is 1. The molecule has 202 valence electrons. The van der Waals surface area contributed by atoms with E-state index >= 15 is 0 Å². The highest BCUT2D eigenvalue weighted by Gasteiger charge is 2.49. The number of rotatable bonds is 6.